The standard InChI is InChI=1S/C40H38ClN5O5S2.ClH/c41-33-13-9-29(10-14-33)30-6-4-5-28(23-30)26-44-20-21-45-34(27-44)15-11-31-24-32(12-18-38(31)45)40(47)43-53(50,51)36-16-17-37(39(25-36)46(48)49)42-19-22-52-35-7-2-1-3-8-35;/h1-10,12-14,16-18,23-25,34,42H,11,15,19-22,26-27H2,(H,43,47);1H/t34-;/m0./s1. The van der Waals surface area contributed by atoms with Gasteiger partial charge in [-0.15, -0.1) is 24.2 Å². The van der Waals surface area contributed by atoms with Crippen LogP contribution in [0.15, 0.2) is 125 Å². The molecule has 14 heteroatoms. The van der Waals surface area contributed by atoms with Crippen molar-refractivity contribution >= 4 is 68.8 Å². The molecule has 0 spiro atoms. The fraction of sp³-hybridized carbons (Fsp3) is 0.225. The van der Waals surface area contributed by atoms with Gasteiger partial charge in [0, 0.05) is 71.8 Å². The van der Waals surface area contributed by atoms with Gasteiger partial charge in [-0.05, 0) is 95.8 Å². The zero-order valence-electron chi connectivity index (χ0n) is 29.2. The molecule has 280 valence electrons. The maximum Gasteiger partial charge on any atom is 0.293 e. The van der Waals surface area contributed by atoms with E-state index in [9.17, 15) is 23.3 Å². The van der Waals surface area contributed by atoms with Crippen LogP contribution in [0, 0.1) is 10.1 Å². The number of piperazine rings is 1. The number of fused-ring (bicyclic) bond motifs is 3. The van der Waals surface area contributed by atoms with E-state index in [2.05, 4.69) is 44.1 Å². The molecular formula is C40H39Cl2N5O5S2. The van der Waals surface area contributed by atoms with Crippen LogP contribution in [-0.2, 0) is 23.0 Å². The van der Waals surface area contributed by atoms with Gasteiger partial charge in [0.15, 0.2) is 0 Å². The summed E-state index contributed by atoms with van der Waals surface area (Å²) in [5, 5.41) is 15.6. The molecule has 54 heavy (non-hydrogen) atoms. The van der Waals surface area contributed by atoms with E-state index in [0.717, 1.165) is 77.4 Å². The number of halogens is 2. The van der Waals surface area contributed by atoms with Crippen LogP contribution in [0.4, 0.5) is 17.1 Å². The van der Waals surface area contributed by atoms with Gasteiger partial charge in [0.1, 0.15) is 5.69 Å². The lowest BCUT2D eigenvalue weighted by Crippen LogP contribution is -2.54. The molecule has 5 aromatic carbocycles. The number of nitrogens with zero attached hydrogens (tertiary/aromatic N) is 3. The molecule has 2 heterocycles. The number of aryl methyl sites for hydroxylation is 1. The maximum atomic E-state index is 13.3. The van der Waals surface area contributed by atoms with E-state index >= 15 is 0 Å². The highest BCUT2D eigenvalue weighted by atomic mass is 35.5. The minimum atomic E-state index is -4.39. The van der Waals surface area contributed by atoms with Crippen molar-refractivity contribution in [3.63, 3.8) is 0 Å². The van der Waals surface area contributed by atoms with Crippen molar-refractivity contribution in [2.45, 2.75) is 35.2 Å². The molecule has 2 aliphatic rings. The molecule has 0 aliphatic carbocycles. The van der Waals surface area contributed by atoms with Gasteiger partial charge in [-0.3, -0.25) is 19.8 Å². The first-order valence-electron chi connectivity index (χ1n) is 17.4. The lowest BCUT2D eigenvalue weighted by molar-refractivity contribution is -0.384. The molecule has 10 nitrogen and oxygen atoms in total. The monoisotopic (exact) mass is 803 g/mol. The van der Waals surface area contributed by atoms with Gasteiger partial charge in [0.2, 0.25) is 0 Å². The van der Waals surface area contributed by atoms with E-state index in [1.165, 1.54) is 17.7 Å². The zero-order chi connectivity index (χ0) is 37.0. The fourth-order valence-electron chi connectivity index (χ4n) is 7.00. The van der Waals surface area contributed by atoms with Gasteiger partial charge in [-0.25, -0.2) is 13.1 Å². The van der Waals surface area contributed by atoms with Crippen LogP contribution >= 0.6 is 35.8 Å². The number of hydrogen-bond acceptors (Lipinski definition) is 9. The Morgan fingerprint density at radius 3 is 2.48 bits per heavy atom. The number of nitro groups is 1. The third kappa shape index (κ3) is 9.19. The highest BCUT2D eigenvalue weighted by Gasteiger charge is 2.32. The van der Waals surface area contributed by atoms with Gasteiger partial charge < -0.3 is 10.2 Å². The van der Waals surface area contributed by atoms with Crippen molar-refractivity contribution in [1.82, 2.24) is 9.62 Å². The van der Waals surface area contributed by atoms with Gasteiger partial charge in [0.25, 0.3) is 21.6 Å². The van der Waals surface area contributed by atoms with Crippen molar-refractivity contribution in [3.8, 4) is 11.1 Å². The number of nitro benzene ring substituents is 1. The van der Waals surface area contributed by atoms with Crippen LogP contribution in [0.1, 0.15) is 27.9 Å². The van der Waals surface area contributed by atoms with Gasteiger partial charge in [0.05, 0.1) is 9.82 Å². The number of nitrogens with one attached hydrogen (secondary N) is 2. The largest absolute Gasteiger partial charge is 0.379 e. The number of rotatable bonds is 12. The van der Waals surface area contributed by atoms with Crippen LogP contribution in [0.2, 0.25) is 5.02 Å². The first-order chi connectivity index (χ1) is 25.6. The van der Waals surface area contributed by atoms with Crippen LogP contribution < -0.4 is 14.9 Å². The van der Waals surface area contributed by atoms with Crippen molar-refractivity contribution in [2.75, 3.05) is 42.1 Å². The molecule has 0 radical (unpaired) electrons. The fourth-order valence-corrected chi connectivity index (χ4v) is 8.91. The van der Waals surface area contributed by atoms with Crippen molar-refractivity contribution in [2.24, 2.45) is 0 Å². The van der Waals surface area contributed by atoms with Crippen molar-refractivity contribution in [1.29, 1.82) is 0 Å². The summed E-state index contributed by atoms with van der Waals surface area (Å²) in [5.41, 5.74) is 5.63. The zero-order valence-corrected chi connectivity index (χ0v) is 32.4. The normalized spacial score (nSPS) is 15.4. The molecule has 0 bridgehead atoms. The predicted molar refractivity (Wildman–Crippen MR) is 219 cm³/mol. The van der Waals surface area contributed by atoms with Crippen LogP contribution in [0.3, 0.4) is 0 Å². The van der Waals surface area contributed by atoms with Gasteiger partial charge in [-0.2, -0.15) is 0 Å². The molecule has 1 atom stereocenters. The Morgan fingerprint density at radius 2 is 1.70 bits per heavy atom. The molecule has 1 fully saturated rings. The SMILES string of the molecule is Cl.O=C(NS(=O)(=O)c1ccc(NCCSc2ccccc2)c([N+](=O)[O-])c1)c1ccc2c(c1)CC[C@H]1CN(Cc3cccc(-c4ccc(Cl)cc4)c3)CCN21. The van der Waals surface area contributed by atoms with E-state index < -0.39 is 20.9 Å². The van der Waals surface area contributed by atoms with Crippen LogP contribution in [-0.4, -0.2) is 62.1 Å². The van der Waals surface area contributed by atoms with Crippen molar-refractivity contribution in [3.05, 3.63) is 147 Å². The summed E-state index contributed by atoms with van der Waals surface area (Å²) in [6.07, 6.45) is 1.67. The lowest BCUT2D eigenvalue weighted by Gasteiger charge is -2.46. The minimum Gasteiger partial charge on any atom is -0.379 e. The number of amides is 1. The predicted octanol–water partition coefficient (Wildman–Crippen LogP) is 8.30. The first kappa shape index (κ1) is 39.1. The molecule has 0 saturated carbocycles. The van der Waals surface area contributed by atoms with E-state index in [1.807, 2.05) is 60.7 Å². The molecule has 2 N–H and O–H groups in total. The number of anilines is 2. The van der Waals surface area contributed by atoms with E-state index in [0.29, 0.717) is 18.3 Å². The average molecular weight is 805 g/mol. The summed E-state index contributed by atoms with van der Waals surface area (Å²) >= 11 is 7.68. The summed E-state index contributed by atoms with van der Waals surface area (Å²) in [6, 6.07) is 35.5. The van der Waals surface area contributed by atoms with Crippen molar-refractivity contribution < 1.29 is 18.1 Å². The number of sulfonamides is 1. The third-order valence-electron chi connectivity index (χ3n) is 9.61. The Bertz CT molecular complexity index is 2240. The lowest BCUT2D eigenvalue weighted by atomic mass is 9.92. The Hall–Kier alpha value is -4.59. The number of hydrogen-bond donors (Lipinski definition) is 2. The Labute approximate surface area is 330 Å². The molecule has 1 saturated heterocycles. The molecule has 0 unspecified atom stereocenters. The van der Waals surface area contributed by atoms with Gasteiger partial charge in [-0.1, -0.05) is 60.1 Å². The van der Waals surface area contributed by atoms with Crippen LogP contribution in [0.5, 0.6) is 0 Å². The summed E-state index contributed by atoms with van der Waals surface area (Å²) in [4.78, 5) is 30.1. The molecular weight excluding hydrogens is 766 g/mol. The second kappa shape index (κ2) is 17.3. The maximum absolute atomic E-state index is 13.3. The Morgan fingerprint density at radius 1 is 0.907 bits per heavy atom. The third-order valence-corrected chi connectivity index (χ3v) is 12.2. The molecule has 7 rings (SSSR count). The summed E-state index contributed by atoms with van der Waals surface area (Å²) in [7, 11) is -4.39. The number of benzene rings is 5. The quantitative estimate of drug-likeness (QED) is 0.0555. The summed E-state index contributed by atoms with van der Waals surface area (Å²) in [6.45, 7) is 3.91. The molecule has 2 aliphatic heterocycles. The number of thioether (sulfide) groups is 1. The first-order valence-corrected chi connectivity index (χ1v) is 20.2. The van der Waals surface area contributed by atoms with E-state index in [1.54, 1.807) is 23.9 Å². The van der Waals surface area contributed by atoms with E-state index in [4.69, 9.17) is 11.6 Å². The van der Waals surface area contributed by atoms with Crippen LogP contribution in [0.25, 0.3) is 11.1 Å². The highest BCUT2D eigenvalue weighted by molar-refractivity contribution is 7.99. The Kier molecular flexibility index (Phi) is 12.5. The second-order valence-corrected chi connectivity index (χ2v) is 16.4. The highest BCUT2D eigenvalue weighted by Crippen LogP contribution is 2.34. The molecule has 0 aromatic heterocycles. The smallest absolute Gasteiger partial charge is 0.293 e. The minimum absolute atomic E-state index is 0. The Balaban J connectivity index is 0.00000497. The van der Waals surface area contributed by atoms with Gasteiger partial charge >= 0.3 is 0 Å². The van der Waals surface area contributed by atoms with E-state index in [-0.39, 0.29) is 34.2 Å². The number of carbonyl (C=O) groups is 1. The average Bonchev–Trinajstić information content (AvgIpc) is 3.16. The summed E-state index contributed by atoms with van der Waals surface area (Å²) in [5.74, 6) is -0.139. The number of carbonyl (C=O) groups excluding carboxylic acids is 1. The topological polar surface area (TPSA) is 125 Å². The molecule has 5 aromatic rings. The summed E-state index contributed by atoms with van der Waals surface area (Å²) < 4.78 is 28.6. The molecule has 1 amide bonds. The second-order valence-electron chi connectivity index (χ2n) is 13.1.